The maximum absolute atomic E-state index is 13.0. The first-order chi connectivity index (χ1) is 14.3. The number of alkyl halides is 1. The number of carbonyl (C=O) groups excluding carboxylic acids is 2. The van der Waals surface area contributed by atoms with Crippen LogP contribution in [-0.4, -0.2) is 63.1 Å². The predicted octanol–water partition coefficient (Wildman–Crippen LogP) is -1.89. The molecule has 0 aromatic heterocycles. The molecule has 196 valence electrons. The van der Waals surface area contributed by atoms with E-state index in [2.05, 4.69) is 30.7 Å². The Morgan fingerprint density at radius 1 is 0.882 bits per heavy atom. The fraction of sp³-hybridized carbons (Fsp3) is 0.684. The Balaban J connectivity index is -0.000000257. The summed E-state index contributed by atoms with van der Waals surface area (Å²) in [4.78, 5) is 22.2. The smallest absolute Gasteiger partial charge is 1.00 e. The number of nitrogens with one attached hydrogen (secondary N) is 2. The second-order valence-corrected chi connectivity index (χ2v) is 10.4. The molecule has 0 aliphatic carbocycles. The average molecular weight is 638 g/mol. The summed E-state index contributed by atoms with van der Waals surface area (Å²) >= 11 is 2.94. The first-order valence-electron chi connectivity index (χ1n) is 9.37. The summed E-state index contributed by atoms with van der Waals surface area (Å²) in [6.07, 6.45) is 1.86. The van der Waals surface area contributed by atoms with Gasteiger partial charge in [0.05, 0.1) is 11.6 Å². The summed E-state index contributed by atoms with van der Waals surface area (Å²) < 4.78 is 60.7. The molecule has 15 heteroatoms. The number of rotatable bonds is 8. The van der Waals surface area contributed by atoms with Crippen molar-refractivity contribution in [2.45, 2.75) is 52.7 Å². The van der Waals surface area contributed by atoms with Gasteiger partial charge in [0.25, 0.3) is 10.1 Å². The number of hydrogen-bond acceptors (Lipinski definition) is 7. The molecule has 0 aliphatic heterocycles. The number of carbonyl (C=O) groups is 2. The SMILES string of the molecule is CC(C)(C)OC(=O)NC/C=C(/F)CBr.CC(C)(C)OC(=O)NC/C=C(/F)COS(C)(=O)=O.[Br-].[Li+]. The van der Waals surface area contributed by atoms with E-state index in [0.29, 0.717) is 0 Å². The molecule has 9 nitrogen and oxygen atoms in total. The van der Waals surface area contributed by atoms with Crippen LogP contribution >= 0.6 is 15.9 Å². The molecule has 0 unspecified atom stereocenters. The van der Waals surface area contributed by atoms with Crippen LogP contribution in [0.1, 0.15) is 41.5 Å². The maximum atomic E-state index is 13.0. The third-order valence-corrected chi connectivity index (χ3v) is 3.56. The van der Waals surface area contributed by atoms with Crippen LogP contribution < -0.4 is 46.5 Å². The first kappa shape index (κ1) is 40.5. The number of amides is 2. The monoisotopic (exact) mass is 636 g/mol. The topological polar surface area (TPSA) is 120 Å². The summed E-state index contributed by atoms with van der Waals surface area (Å²) in [6, 6.07) is 0. The van der Waals surface area contributed by atoms with Gasteiger partial charge in [-0.15, -0.1) is 0 Å². The van der Waals surface area contributed by atoms with Crippen LogP contribution in [0.25, 0.3) is 0 Å². The quantitative estimate of drug-likeness (QED) is 0.181. The van der Waals surface area contributed by atoms with E-state index in [1.54, 1.807) is 41.5 Å². The minimum atomic E-state index is -3.68. The van der Waals surface area contributed by atoms with Crippen molar-refractivity contribution in [2.24, 2.45) is 0 Å². The average Bonchev–Trinajstić information content (AvgIpc) is 2.56. The van der Waals surface area contributed by atoms with Crippen LogP contribution in [0.5, 0.6) is 0 Å². The van der Waals surface area contributed by atoms with Crippen molar-refractivity contribution < 1.29 is 76.3 Å². The predicted molar refractivity (Wildman–Crippen MR) is 121 cm³/mol. The maximum Gasteiger partial charge on any atom is 1.00 e. The van der Waals surface area contributed by atoms with Crippen LogP contribution in [0.15, 0.2) is 23.8 Å². The van der Waals surface area contributed by atoms with Gasteiger partial charge in [-0.2, -0.15) is 8.42 Å². The molecule has 0 atom stereocenters. The van der Waals surface area contributed by atoms with Crippen LogP contribution in [-0.2, 0) is 23.8 Å². The van der Waals surface area contributed by atoms with Gasteiger partial charge in [-0.05, 0) is 53.7 Å². The van der Waals surface area contributed by atoms with Crippen molar-refractivity contribution in [3.63, 3.8) is 0 Å². The number of hydrogen-bond donors (Lipinski definition) is 2. The third-order valence-electron chi connectivity index (χ3n) is 2.48. The molecule has 0 radical (unpaired) electrons. The minimum Gasteiger partial charge on any atom is -1.00 e. The molecule has 0 aliphatic rings. The number of halogens is 4. The van der Waals surface area contributed by atoms with Crippen molar-refractivity contribution in [3.05, 3.63) is 23.8 Å². The molecule has 0 fully saturated rings. The summed E-state index contributed by atoms with van der Waals surface area (Å²) in [5, 5.41) is 4.85. The second kappa shape index (κ2) is 19.5. The summed E-state index contributed by atoms with van der Waals surface area (Å²) in [7, 11) is -3.68. The zero-order valence-corrected chi connectivity index (χ0v) is 24.7. The van der Waals surface area contributed by atoms with Gasteiger partial charge < -0.3 is 37.1 Å². The van der Waals surface area contributed by atoms with Crippen LogP contribution in [0.4, 0.5) is 18.4 Å². The Labute approximate surface area is 232 Å². The Morgan fingerprint density at radius 3 is 1.53 bits per heavy atom. The van der Waals surface area contributed by atoms with Gasteiger partial charge in [0.2, 0.25) is 0 Å². The standard InChI is InChI=1S/C10H18FNO5S.C9H15BrFNO2.BrH.Li/c1-10(2,3)17-9(13)12-6-5-8(11)7-16-18(4,14)15;1-9(2,3)14-8(13)12-5-4-7(11)6-10;;/h5H,6-7H2,1-4H3,(H,12,13);4H,5-6H2,1-3H3,(H,12,13);1H;/q;;;+1/p-1/b8-5+;7-4+;;. The van der Waals surface area contributed by atoms with Gasteiger partial charge in [0.15, 0.2) is 0 Å². The Morgan fingerprint density at radius 2 is 1.24 bits per heavy atom. The molecule has 0 aromatic rings. The molecule has 0 bridgehead atoms. The van der Waals surface area contributed by atoms with Gasteiger partial charge in [-0.1, -0.05) is 15.9 Å². The third kappa shape index (κ3) is 33.5. The first-order valence-corrected chi connectivity index (χ1v) is 12.3. The molecular formula is C19H33Br2F2LiN2O7S. The molecular weight excluding hydrogens is 605 g/mol. The molecule has 0 aromatic carbocycles. The van der Waals surface area contributed by atoms with Crippen molar-refractivity contribution in [1.29, 1.82) is 0 Å². The van der Waals surface area contributed by atoms with E-state index in [0.717, 1.165) is 12.3 Å². The van der Waals surface area contributed by atoms with E-state index < -0.39 is 45.9 Å². The summed E-state index contributed by atoms with van der Waals surface area (Å²) in [6.45, 7) is 9.72. The largest absolute Gasteiger partial charge is 1.00 e. The fourth-order valence-electron chi connectivity index (χ4n) is 1.40. The van der Waals surface area contributed by atoms with E-state index in [1.807, 2.05) is 0 Å². The summed E-state index contributed by atoms with van der Waals surface area (Å²) in [5.74, 6) is -1.11. The molecule has 2 N–H and O–H groups in total. The van der Waals surface area contributed by atoms with Gasteiger partial charge >= 0.3 is 31.0 Å². The number of allylic oxidation sites excluding steroid dienone is 1. The van der Waals surface area contributed by atoms with Crippen molar-refractivity contribution in [2.75, 3.05) is 31.3 Å². The van der Waals surface area contributed by atoms with Gasteiger partial charge in [-0.25, -0.2) is 18.4 Å². The normalized spacial score (nSPS) is 12.2. The van der Waals surface area contributed by atoms with E-state index >= 15 is 0 Å². The number of alkyl carbamates (subject to hydrolysis) is 2. The van der Waals surface area contributed by atoms with E-state index in [1.165, 1.54) is 6.08 Å². The van der Waals surface area contributed by atoms with E-state index in [4.69, 9.17) is 9.47 Å². The second-order valence-electron chi connectivity index (χ2n) is 8.17. The fourth-order valence-corrected chi connectivity index (χ4v) is 1.95. The molecule has 0 saturated carbocycles. The van der Waals surface area contributed by atoms with Crippen LogP contribution in [0.3, 0.4) is 0 Å². The van der Waals surface area contributed by atoms with Crippen LogP contribution in [0, 0.1) is 0 Å². The molecule has 2 amide bonds. The Kier molecular flexibility index (Phi) is 23.3. The molecule has 0 heterocycles. The van der Waals surface area contributed by atoms with Gasteiger partial charge in [-0.3, -0.25) is 4.18 Å². The van der Waals surface area contributed by atoms with Crippen molar-refractivity contribution in [3.8, 4) is 0 Å². The van der Waals surface area contributed by atoms with Crippen LogP contribution in [0.2, 0.25) is 0 Å². The Bertz CT molecular complexity index is 770. The minimum absolute atomic E-state index is 0. The molecule has 0 spiro atoms. The van der Waals surface area contributed by atoms with E-state index in [-0.39, 0.29) is 60.1 Å². The van der Waals surface area contributed by atoms with Gasteiger partial charge in [0, 0.05) is 13.1 Å². The molecule has 34 heavy (non-hydrogen) atoms. The zero-order valence-electron chi connectivity index (χ0n) is 20.8. The van der Waals surface area contributed by atoms with Gasteiger partial charge in [0.1, 0.15) is 29.5 Å². The van der Waals surface area contributed by atoms with Crippen molar-refractivity contribution >= 4 is 38.2 Å². The van der Waals surface area contributed by atoms with E-state index in [9.17, 15) is 26.8 Å². The molecule has 0 saturated heterocycles. The Hall–Kier alpha value is -0.653. The molecule has 0 rings (SSSR count). The zero-order chi connectivity index (χ0) is 25.6. The summed E-state index contributed by atoms with van der Waals surface area (Å²) in [5.41, 5.74) is -1.16. The van der Waals surface area contributed by atoms with Crippen molar-refractivity contribution in [1.82, 2.24) is 10.6 Å². The number of ether oxygens (including phenoxy) is 2.